The first-order chi connectivity index (χ1) is 9.13. The molecular weight excluding hydrogens is 245 g/mol. The van der Waals surface area contributed by atoms with Crippen molar-refractivity contribution in [3.8, 4) is 5.75 Å². The molecule has 1 unspecified atom stereocenters. The molecule has 3 nitrogen and oxygen atoms in total. The highest BCUT2D eigenvalue weighted by Gasteiger charge is 2.26. The molecule has 19 heavy (non-hydrogen) atoms. The molecule has 0 aromatic heterocycles. The lowest BCUT2D eigenvalue weighted by Crippen LogP contribution is -2.43. The van der Waals surface area contributed by atoms with Crippen LogP contribution in [0.2, 0.25) is 0 Å². The van der Waals surface area contributed by atoms with Gasteiger partial charge >= 0.3 is 0 Å². The first-order valence-corrected chi connectivity index (χ1v) is 6.69. The molecule has 4 heteroatoms. The summed E-state index contributed by atoms with van der Waals surface area (Å²) in [7, 11) is 1.46. The Bertz CT molecular complexity index is 461. The van der Waals surface area contributed by atoms with Crippen LogP contribution in [0.15, 0.2) is 18.2 Å². The van der Waals surface area contributed by atoms with Crippen molar-refractivity contribution < 1.29 is 13.9 Å². The average Bonchev–Trinajstić information content (AvgIpc) is 2.41. The van der Waals surface area contributed by atoms with Crippen LogP contribution in [0.5, 0.6) is 5.75 Å². The summed E-state index contributed by atoms with van der Waals surface area (Å²) in [5, 5.41) is 0. The highest BCUT2D eigenvalue weighted by atomic mass is 19.1. The molecule has 1 aliphatic rings. The van der Waals surface area contributed by atoms with Crippen molar-refractivity contribution in [2.75, 3.05) is 13.7 Å². The fourth-order valence-corrected chi connectivity index (χ4v) is 2.70. The van der Waals surface area contributed by atoms with Crippen LogP contribution in [-0.4, -0.2) is 30.4 Å². The van der Waals surface area contributed by atoms with Gasteiger partial charge in [-0.05, 0) is 32.4 Å². The highest BCUT2D eigenvalue weighted by molar-refractivity contribution is 5.81. The molecule has 0 N–H and O–H groups in total. The maximum absolute atomic E-state index is 14.1. The zero-order chi connectivity index (χ0) is 13.8. The number of piperidine rings is 1. The van der Waals surface area contributed by atoms with Gasteiger partial charge in [0.05, 0.1) is 13.2 Å². The van der Waals surface area contributed by atoms with Crippen molar-refractivity contribution in [3.63, 3.8) is 0 Å². The largest absolute Gasteiger partial charge is 0.494 e. The van der Waals surface area contributed by atoms with Crippen LogP contribution in [0.1, 0.15) is 31.7 Å². The van der Waals surface area contributed by atoms with Crippen LogP contribution in [0.3, 0.4) is 0 Å². The molecule has 1 atom stereocenters. The lowest BCUT2D eigenvalue weighted by Gasteiger charge is -2.34. The molecule has 0 spiro atoms. The van der Waals surface area contributed by atoms with Crippen molar-refractivity contribution in [1.82, 2.24) is 4.90 Å². The predicted octanol–water partition coefficient (Wildman–Crippen LogP) is 2.78. The fourth-order valence-electron chi connectivity index (χ4n) is 2.70. The summed E-state index contributed by atoms with van der Waals surface area (Å²) < 4.78 is 19.1. The lowest BCUT2D eigenvalue weighted by molar-refractivity contribution is -0.123. The Labute approximate surface area is 113 Å². The molecule has 2 rings (SSSR count). The number of hydrogen-bond acceptors (Lipinski definition) is 3. The Morgan fingerprint density at radius 2 is 2.26 bits per heavy atom. The van der Waals surface area contributed by atoms with Gasteiger partial charge in [-0.1, -0.05) is 18.6 Å². The topological polar surface area (TPSA) is 29.5 Å². The van der Waals surface area contributed by atoms with Gasteiger partial charge in [0, 0.05) is 12.1 Å². The van der Waals surface area contributed by atoms with Crippen molar-refractivity contribution in [2.45, 2.75) is 38.8 Å². The van der Waals surface area contributed by atoms with Crippen molar-refractivity contribution in [1.29, 1.82) is 0 Å². The number of likely N-dealkylation sites (tertiary alicyclic amines) is 1. The lowest BCUT2D eigenvalue weighted by atomic mass is 9.98. The molecule has 0 aliphatic carbocycles. The highest BCUT2D eigenvalue weighted by Crippen LogP contribution is 2.25. The summed E-state index contributed by atoms with van der Waals surface area (Å²) in [6, 6.07) is 5.07. The van der Waals surface area contributed by atoms with Gasteiger partial charge < -0.3 is 4.74 Å². The van der Waals surface area contributed by atoms with E-state index in [0.717, 1.165) is 25.8 Å². The number of Topliss-reactive ketones (excluding diaryl/α,β-unsaturated/α-hetero) is 1. The summed E-state index contributed by atoms with van der Waals surface area (Å²) in [6.45, 7) is 2.93. The average molecular weight is 265 g/mol. The van der Waals surface area contributed by atoms with E-state index in [1.54, 1.807) is 25.1 Å². The number of carbonyl (C=O) groups is 1. The van der Waals surface area contributed by atoms with Gasteiger partial charge in [0.25, 0.3) is 0 Å². The Kier molecular flexibility index (Phi) is 4.53. The van der Waals surface area contributed by atoms with Crippen LogP contribution in [0.25, 0.3) is 0 Å². The second-order valence-corrected chi connectivity index (χ2v) is 5.03. The molecule has 0 radical (unpaired) electrons. The molecule has 0 saturated carbocycles. The SMILES string of the molecule is COc1cccc(CN2CCCCC2C(C)=O)c1F. The number of ketones is 1. The third kappa shape index (κ3) is 3.13. The van der Waals surface area contributed by atoms with E-state index in [-0.39, 0.29) is 23.4 Å². The van der Waals surface area contributed by atoms with Gasteiger partial charge in [-0.2, -0.15) is 0 Å². The van der Waals surface area contributed by atoms with E-state index in [0.29, 0.717) is 12.1 Å². The smallest absolute Gasteiger partial charge is 0.169 e. The summed E-state index contributed by atoms with van der Waals surface area (Å²) in [6.07, 6.45) is 3.01. The molecule has 0 amide bonds. The molecule has 1 saturated heterocycles. The maximum atomic E-state index is 14.1. The Balaban J connectivity index is 2.17. The molecule has 104 valence electrons. The van der Waals surface area contributed by atoms with E-state index in [1.165, 1.54) is 7.11 Å². The van der Waals surface area contributed by atoms with E-state index in [4.69, 9.17) is 4.74 Å². The Morgan fingerprint density at radius 3 is 2.95 bits per heavy atom. The molecule has 1 heterocycles. The standard InChI is InChI=1S/C15H20FNO2/c1-11(18)13-7-3-4-9-17(13)10-12-6-5-8-14(19-2)15(12)16/h5-6,8,13H,3-4,7,9-10H2,1-2H3. The minimum atomic E-state index is -0.321. The van der Waals surface area contributed by atoms with E-state index in [1.807, 2.05) is 0 Å². The first kappa shape index (κ1) is 14.0. The summed E-state index contributed by atoms with van der Waals surface area (Å²) in [4.78, 5) is 13.7. The van der Waals surface area contributed by atoms with Crippen molar-refractivity contribution >= 4 is 5.78 Å². The number of ether oxygens (including phenoxy) is 1. The fraction of sp³-hybridized carbons (Fsp3) is 0.533. The molecule has 1 aliphatic heterocycles. The van der Waals surface area contributed by atoms with Gasteiger partial charge in [-0.3, -0.25) is 9.69 Å². The van der Waals surface area contributed by atoms with Gasteiger partial charge in [0.2, 0.25) is 0 Å². The second kappa shape index (κ2) is 6.15. The van der Waals surface area contributed by atoms with Gasteiger partial charge in [-0.15, -0.1) is 0 Å². The van der Waals surface area contributed by atoms with Crippen molar-refractivity contribution in [2.24, 2.45) is 0 Å². The number of methoxy groups -OCH3 is 1. The Morgan fingerprint density at radius 1 is 1.47 bits per heavy atom. The number of carbonyl (C=O) groups excluding carboxylic acids is 1. The van der Waals surface area contributed by atoms with E-state index < -0.39 is 0 Å². The summed E-state index contributed by atoms with van der Waals surface area (Å²) in [5.74, 6) is 0.106. The predicted molar refractivity (Wildman–Crippen MR) is 71.7 cm³/mol. The van der Waals surface area contributed by atoms with Crippen LogP contribution in [0.4, 0.5) is 4.39 Å². The van der Waals surface area contributed by atoms with Crippen LogP contribution >= 0.6 is 0 Å². The zero-order valence-electron chi connectivity index (χ0n) is 11.5. The third-order valence-corrected chi connectivity index (χ3v) is 3.72. The van der Waals surface area contributed by atoms with Crippen LogP contribution in [-0.2, 0) is 11.3 Å². The molecular formula is C15H20FNO2. The molecule has 1 fully saturated rings. The van der Waals surface area contributed by atoms with Crippen LogP contribution in [0, 0.1) is 5.82 Å². The number of rotatable bonds is 4. The minimum absolute atomic E-state index is 0.0700. The first-order valence-electron chi connectivity index (χ1n) is 6.69. The van der Waals surface area contributed by atoms with Gasteiger partial charge in [-0.25, -0.2) is 4.39 Å². The van der Waals surface area contributed by atoms with E-state index >= 15 is 0 Å². The number of halogens is 1. The van der Waals surface area contributed by atoms with E-state index in [2.05, 4.69) is 4.90 Å². The van der Waals surface area contributed by atoms with Gasteiger partial charge in [0.1, 0.15) is 5.78 Å². The molecule has 1 aromatic carbocycles. The van der Waals surface area contributed by atoms with Crippen LogP contribution < -0.4 is 4.74 Å². The number of hydrogen-bond donors (Lipinski definition) is 0. The third-order valence-electron chi connectivity index (χ3n) is 3.72. The summed E-state index contributed by atoms with van der Waals surface area (Å²) >= 11 is 0. The zero-order valence-corrected chi connectivity index (χ0v) is 11.5. The normalized spacial score (nSPS) is 20.3. The van der Waals surface area contributed by atoms with Crippen molar-refractivity contribution in [3.05, 3.63) is 29.6 Å². The maximum Gasteiger partial charge on any atom is 0.169 e. The minimum Gasteiger partial charge on any atom is -0.494 e. The molecule has 0 bridgehead atoms. The quantitative estimate of drug-likeness (QED) is 0.838. The second-order valence-electron chi connectivity index (χ2n) is 5.03. The van der Waals surface area contributed by atoms with E-state index in [9.17, 15) is 9.18 Å². The monoisotopic (exact) mass is 265 g/mol. The van der Waals surface area contributed by atoms with Gasteiger partial charge in [0.15, 0.2) is 11.6 Å². The number of benzene rings is 1. The molecule has 1 aromatic rings. The number of nitrogens with zero attached hydrogens (tertiary/aromatic N) is 1. The Hall–Kier alpha value is -1.42. The summed E-state index contributed by atoms with van der Waals surface area (Å²) in [5.41, 5.74) is 0.590.